The smallest absolute Gasteiger partial charge is 0.0110 e. The van der Waals surface area contributed by atoms with Gasteiger partial charge in [0.05, 0.1) is 0 Å². The SMILES string of the molecule is CC(C)CN(CCNC(C)(C)C)C1CC1. The quantitative estimate of drug-likeness (QED) is 0.728. The number of hydrogen-bond acceptors (Lipinski definition) is 2. The highest BCUT2D eigenvalue weighted by Crippen LogP contribution is 2.27. The lowest BCUT2D eigenvalue weighted by molar-refractivity contribution is 0.226. The van der Waals surface area contributed by atoms with Gasteiger partial charge in [-0.25, -0.2) is 0 Å². The Kier molecular flexibility index (Phi) is 4.60. The van der Waals surface area contributed by atoms with Crippen LogP contribution in [0.2, 0.25) is 0 Å². The normalized spacial score (nSPS) is 17.8. The lowest BCUT2D eigenvalue weighted by Gasteiger charge is -2.27. The standard InChI is InChI=1S/C13H28N2/c1-11(2)10-15(12-6-7-12)9-8-14-13(3,4)5/h11-12,14H,6-10H2,1-5H3. The van der Waals surface area contributed by atoms with Crippen LogP contribution in [0, 0.1) is 5.92 Å². The summed E-state index contributed by atoms with van der Waals surface area (Å²) in [6.45, 7) is 14.9. The predicted octanol–water partition coefficient (Wildman–Crippen LogP) is 2.49. The van der Waals surface area contributed by atoms with Crippen molar-refractivity contribution in [3.63, 3.8) is 0 Å². The van der Waals surface area contributed by atoms with E-state index in [9.17, 15) is 0 Å². The van der Waals surface area contributed by atoms with Crippen molar-refractivity contribution in [3.8, 4) is 0 Å². The summed E-state index contributed by atoms with van der Waals surface area (Å²) < 4.78 is 0. The Balaban J connectivity index is 2.20. The van der Waals surface area contributed by atoms with E-state index < -0.39 is 0 Å². The van der Waals surface area contributed by atoms with Crippen molar-refractivity contribution >= 4 is 0 Å². The first-order valence-corrected chi connectivity index (χ1v) is 6.37. The monoisotopic (exact) mass is 212 g/mol. The Morgan fingerprint density at radius 2 is 1.87 bits per heavy atom. The fraction of sp³-hybridized carbons (Fsp3) is 1.00. The molecule has 1 aliphatic carbocycles. The largest absolute Gasteiger partial charge is 0.311 e. The predicted molar refractivity (Wildman–Crippen MR) is 67.2 cm³/mol. The zero-order chi connectivity index (χ0) is 11.5. The van der Waals surface area contributed by atoms with Crippen LogP contribution >= 0.6 is 0 Å². The molecular formula is C13H28N2. The summed E-state index contributed by atoms with van der Waals surface area (Å²) in [6, 6.07) is 0.897. The number of nitrogens with one attached hydrogen (secondary N) is 1. The van der Waals surface area contributed by atoms with Gasteiger partial charge in [-0.3, -0.25) is 4.90 Å². The van der Waals surface area contributed by atoms with Crippen LogP contribution in [0.25, 0.3) is 0 Å². The molecule has 0 aromatic carbocycles. The Morgan fingerprint density at radius 3 is 2.27 bits per heavy atom. The third-order valence-electron chi connectivity index (χ3n) is 2.72. The van der Waals surface area contributed by atoms with Crippen LogP contribution in [0.1, 0.15) is 47.5 Å². The molecule has 0 radical (unpaired) electrons. The summed E-state index contributed by atoms with van der Waals surface area (Å²) >= 11 is 0. The van der Waals surface area contributed by atoms with Crippen LogP contribution in [0.3, 0.4) is 0 Å². The van der Waals surface area contributed by atoms with Crippen LogP contribution in [-0.2, 0) is 0 Å². The van der Waals surface area contributed by atoms with Gasteiger partial charge in [0, 0.05) is 31.2 Å². The average molecular weight is 212 g/mol. The molecule has 0 aliphatic heterocycles. The summed E-state index contributed by atoms with van der Waals surface area (Å²) in [4.78, 5) is 2.66. The highest BCUT2D eigenvalue weighted by atomic mass is 15.2. The maximum absolute atomic E-state index is 3.57. The number of rotatable bonds is 6. The van der Waals surface area contributed by atoms with Crippen molar-refractivity contribution < 1.29 is 0 Å². The highest BCUT2D eigenvalue weighted by Gasteiger charge is 2.28. The maximum Gasteiger partial charge on any atom is 0.0110 e. The maximum atomic E-state index is 3.57. The van der Waals surface area contributed by atoms with E-state index in [2.05, 4.69) is 44.8 Å². The van der Waals surface area contributed by atoms with E-state index in [1.54, 1.807) is 0 Å². The zero-order valence-electron chi connectivity index (χ0n) is 11.1. The van der Waals surface area contributed by atoms with E-state index in [4.69, 9.17) is 0 Å². The van der Waals surface area contributed by atoms with Crippen molar-refractivity contribution in [1.29, 1.82) is 0 Å². The lowest BCUT2D eigenvalue weighted by atomic mass is 10.1. The first kappa shape index (κ1) is 13.0. The number of hydrogen-bond donors (Lipinski definition) is 1. The van der Waals surface area contributed by atoms with Crippen LogP contribution < -0.4 is 5.32 Å². The van der Waals surface area contributed by atoms with Gasteiger partial charge in [0.15, 0.2) is 0 Å². The van der Waals surface area contributed by atoms with Gasteiger partial charge in [-0.2, -0.15) is 0 Å². The van der Waals surface area contributed by atoms with Crippen molar-refractivity contribution in [2.24, 2.45) is 5.92 Å². The minimum atomic E-state index is 0.257. The van der Waals surface area contributed by atoms with Crippen LogP contribution in [0.4, 0.5) is 0 Å². The van der Waals surface area contributed by atoms with Gasteiger partial charge in [-0.15, -0.1) is 0 Å². The second-order valence-corrected chi connectivity index (χ2v) is 6.30. The van der Waals surface area contributed by atoms with Gasteiger partial charge in [-0.1, -0.05) is 13.8 Å². The zero-order valence-corrected chi connectivity index (χ0v) is 11.1. The van der Waals surface area contributed by atoms with E-state index in [1.165, 1.54) is 25.9 Å². The topological polar surface area (TPSA) is 15.3 Å². The van der Waals surface area contributed by atoms with Gasteiger partial charge >= 0.3 is 0 Å². The van der Waals surface area contributed by atoms with Gasteiger partial charge in [0.25, 0.3) is 0 Å². The van der Waals surface area contributed by atoms with E-state index in [1.807, 2.05) is 0 Å². The fourth-order valence-corrected chi connectivity index (χ4v) is 1.91. The van der Waals surface area contributed by atoms with Gasteiger partial charge in [-0.05, 0) is 39.5 Å². The molecule has 0 aromatic rings. The summed E-state index contributed by atoms with van der Waals surface area (Å²) in [6.07, 6.45) is 2.84. The van der Waals surface area contributed by atoms with Gasteiger partial charge < -0.3 is 5.32 Å². The third kappa shape index (κ3) is 6.16. The summed E-state index contributed by atoms with van der Waals surface area (Å²) in [5, 5.41) is 3.57. The molecule has 0 unspecified atom stereocenters. The lowest BCUT2D eigenvalue weighted by Crippen LogP contribution is -2.42. The molecule has 1 rings (SSSR count). The van der Waals surface area contributed by atoms with Crippen molar-refractivity contribution in [2.75, 3.05) is 19.6 Å². The Bertz CT molecular complexity index is 177. The molecule has 0 atom stereocenters. The van der Waals surface area contributed by atoms with E-state index in [0.29, 0.717) is 0 Å². The molecule has 0 bridgehead atoms. The second-order valence-electron chi connectivity index (χ2n) is 6.30. The third-order valence-corrected chi connectivity index (χ3v) is 2.72. The van der Waals surface area contributed by atoms with E-state index in [-0.39, 0.29) is 5.54 Å². The average Bonchev–Trinajstić information content (AvgIpc) is 2.81. The molecule has 2 nitrogen and oxygen atoms in total. The molecule has 1 aliphatic rings. The van der Waals surface area contributed by atoms with Crippen LogP contribution in [-0.4, -0.2) is 36.1 Å². The van der Waals surface area contributed by atoms with Crippen molar-refractivity contribution in [1.82, 2.24) is 10.2 Å². The molecule has 1 saturated carbocycles. The Labute approximate surface area is 95.4 Å². The molecule has 1 N–H and O–H groups in total. The molecule has 0 spiro atoms. The van der Waals surface area contributed by atoms with Gasteiger partial charge in [0.2, 0.25) is 0 Å². The van der Waals surface area contributed by atoms with E-state index >= 15 is 0 Å². The molecule has 0 aromatic heterocycles. The minimum absolute atomic E-state index is 0.257. The van der Waals surface area contributed by atoms with E-state index in [0.717, 1.165) is 18.5 Å². The fourth-order valence-electron chi connectivity index (χ4n) is 1.91. The summed E-state index contributed by atoms with van der Waals surface area (Å²) in [7, 11) is 0. The summed E-state index contributed by atoms with van der Waals surface area (Å²) in [5.74, 6) is 0.792. The molecule has 0 heterocycles. The highest BCUT2D eigenvalue weighted by molar-refractivity contribution is 4.85. The summed E-state index contributed by atoms with van der Waals surface area (Å²) in [5.41, 5.74) is 0.257. The Hall–Kier alpha value is -0.0800. The first-order chi connectivity index (χ1) is 6.88. The van der Waals surface area contributed by atoms with Crippen LogP contribution in [0.5, 0.6) is 0 Å². The molecule has 0 amide bonds. The first-order valence-electron chi connectivity index (χ1n) is 6.37. The van der Waals surface area contributed by atoms with Gasteiger partial charge in [0.1, 0.15) is 0 Å². The molecule has 1 fully saturated rings. The molecular weight excluding hydrogens is 184 g/mol. The van der Waals surface area contributed by atoms with Crippen molar-refractivity contribution in [2.45, 2.75) is 59.0 Å². The van der Waals surface area contributed by atoms with Crippen molar-refractivity contribution in [3.05, 3.63) is 0 Å². The second kappa shape index (κ2) is 5.31. The molecule has 90 valence electrons. The number of nitrogens with zero attached hydrogens (tertiary/aromatic N) is 1. The molecule has 0 saturated heterocycles. The Morgan fingerprint density at radius 1 is 1.27 bits per heavy atom. The van der Waals surface area contributed by atoms with Crippen LogP contribution in [0.15, 0.2) is 0 Å². The molecule has 2 heteroatoms. The molecule has 15 heavy (non-hydrogen) atoms. The minimum Gasteiger partial charge on any atom is -0.311 e.